The molecule has 24 heavy (non-hydrogen) atoms. The molecule has 0 radical (unpaired) electrons. The Morgan fingerprint density at radius 3 is 2.33 bits per heavy atom. The van der Waals surface area contributed by atoms with Crippen molar-refractivity contribution in [2.24, 2.45) is 0 Å². The van der Waals surface area contributed by atoms with Gasteiger partial charge in [-0.3, -0.25) is 10.1 Å². The van der Waals surface area contributed by atoms with Crippen LogP contribution in [0.3, 0.4) is 0 Å². The molecule has 1 unspecified atom stereocenters. The predicted molar refractivity (Wildman–Crippen MR) is 81.6 cm³/mol. The van der Waals surface area contributed by atoms with Crippen molar-refractivity contribution in [1.29, 1.82) is 0 Å². The zero-order valence-corrected chi connectivity index (χ0v) is 16.5. The molecule has 2 aromatic rings. The number of rotatable bonds is 8. The molecule has 0 heterocycles. The number of para-hydroxylation sites is 1. The minimum atomic E-state index is -1.34. The molecule has 6 nitrogen and oxygen atoms in total. The number of nitro benzene ring substituents is 1. The van der Waals surface area contributed by atoms with Crippen molar-refractivity contribution in [2.75, 3.05) is 6.61 Å². The molecule has 0 N–H and O–H groups in total. The fourth-order valence-electron chi connectivity index (χ4n) is 2.31. The van der Waals surface area contributed by atoms with Crippen LogP contribution in [0.5, 0.6) is 0 Å². The van der Waals surface area contributed by atoms with E-state index in [0.29, 0.717) is 6.61 Å². The van der Waals surface area contributed by atoms with Crippen molar-refractivity contribution < 1.29 is 70.9 Å². The van der Waals surface area contributed by atoms with Gasteiger partial charge in [-0.05, 0) is 12.0 Å². The van der Waals surface area contributed by atoms with E-state index in [0.717, 1.165) is 5.56 Å². The average Bonchev–Trinajstić information content (AvgIpc) is 2.55. The summed E-state index contributed by atoms with van der Waals surface area (Å²) >= 11 is 0. The van der Waals surface area contributed by atoms with Gasteiger partial charge in [0, 0.05) is 30.1 Å². The summed E-state index contributed by atoms with van der Waals surface area (Å²) in [5.74, 6) is -2.42. The van der Waals surface area contributed by atoms with Crippen LogP contribution in [-0.4, -0.2) is 17.5 Å². The summed E-state index contributed by atoms with van der Waals surface area (Å²) < 4.78 is 5.46. The molecule has 0 fully saturated rings. The maximum absolute atomic E-state index is 11.3. The molecule has 2 rings (SSSR count). The molecule has 120 valence electrons. The molecule has 0 aliphatic heterocycles. The van der Waals surface area contributed by atoms with E-state index < -0.39 is 16.8 Å². The van der Waals surface area contributed by atoms with Crippen LogP contribution in [0.15, 0.2) is 54.6 Å². The number of aliphatic carboxylic acids is 1. The topological polar surface area (TPSA) is 92.5 Å². The van der Waals surface area contributed by atoms with E-state index in [1.165, 1.54) is 18.2 Å². The van der Waals surface area contributed by atoms with Crippen LogP contribution in [0.1, 0.15) is 23.5 Å². The van der Waals surface area contributed by atoms with Gasteiger partial charge in [0.25, 0.3) is 5.69 Å². The summed E-state index contributed by atoms with van der Waals surface area (Å²) in [6, 6.07) is 15.3. The van der Waals surface area contributed by atoms with Gasteiger partial charge in [0.05, 0.1) is 11.5 Å². The molecular weight excluding hydrogens is 337 g/mol. The van der Waals surface area contributed by atoms with Crippen molar-refractivity contribution in [3.63, 3.8) is 0 Å². The molecular formula is C17H16KNO5. The summed E-state index contributed by atoms with van der Waals surface area (Å²) in [5, 5.41) is 22.4. The average molecular weight is 353 g/mol. The Hall–Kier alpha value is -1.09. The van der Waals surface area contributed by atoms with Crippen LogP contribution in [-0.2, 0) is 16.1 Å². The Labute approximate surface area is 182 Å². The third-order valence-corrected chi connectivity index (χ3v) is 3.46. The van der Waals surface area contributed by atoms with E-state index in [9.17, 15) is 20.0 Å². The van der Waals surface area contributed by atoms with Crippen LogP contribution >= 0.6 is 0 Å². The van der Waals surface area contributed by atoms with Gasteiger partial charge in [-0.1, -0.05) is 48.5 Å². The van der Waals surface area contributed by atoms with E-state index in [-0.39, 0.29) is 75.7 Å². The van der Waals surface area contributed by atoms with Gasteiger partial charge in [-0.25, -0.2) is 0 Å². The molecule has 0 spiro atoms. The van der Waals surface area contributed by atoms with E-state index >= 15 is 0 Å². The summed E-state index contributed by atoms with van der Waals surface area (Å²) in [7, 11) is 0. The first kappa shape index (κ1) is 21.0. The monoisotopic (exact) mass is 353 g/mol. The maximum Gasteiger partial charge on any atom is 1.00 e. The minimum absolute atomic E-state index is 0. The first-order valence-corrected chi connectivity index (χ1v) is 7.15. The summed E-state index contributed by atoms with van der Waals surface area (Å²) in [4.78, 5) is 21.8. The fraction of sp³-hybridized carbons (Fsp3) is 0.235. The van der Waals surface area contributed by atoms with Gasteiger partial charge in [-0.15, -0.1) is 0 Å². The van der Waals surface area contributed by atoms with Crippen molar-refractivity contribution in [3.8, 4) is 0 Å². The Morgan fingerprint density at radius 1 is 1.08 bits per heavy atom. The van der Waals surface area contributed by atoms with Gasteiger partial charge in [0.15, 0.2) is 0 Å². The zero-order chi connectivity index (χ0) is 16.7. The summed E-state index contributed by atoms with van der Waals surface area (Å²) in [5.41, 5.74) is 0.897. The number of carboxylic acids is 1. The van der Waals surface area contributed by atoms with Crippen molar-refractivity contribution >= 4 is 11.7 Å². The number of carboxylic acid groups (broad SMARTS) is 1. The van der Waals surface area contributed by atoms with Crippen LogP contribution in [0.2, 0.25) is 0 Å². The number of nitrogens with zero attached hydrogens (tertiary/aromatic N) is 1. The van der Waals surface area contributed by atoms with Gasteiger partial charge in [0.1, 0.15) is 0 Å². The van der Waals surface area contributed by atoms with Crippen LogP contribution in [0, 0.1) is 10.1 Å². The van der Waals surface area contributed by atoms with Crippen molar-refractivity contribution in [1.82, 2.24) is 0 Å². The molecule has 7 heteroatoms. The molecule has 0 aliphatic rings. The molecule has 0 aliphatic carbocycles. The molecule has 0 bridgehead atoms. The van der Waals surface area contributed by atoms with Crippen LogP contribution in [0.4, 0.5) is 5.69 Å². The van der Waals surface area contributed by atoms with Crippen LogP contribution < -0.4 is 56.5 Å². The number of nitro groups is 1. The van der Waals surface area contributed by atoms with Gasteiger partial charge in [-0.2, -0.15) is 0 Å². The van der Waals surface area contributed by atoms with E-state index in [2.05, 4.69) is 0 Å². The first-order chi connectivity index (χ1) is 11.1. The zero-order valence-electron chi connectivity index (χ0n) is 13.4. The molecule has 0 saturated carbocycles. The second-order valence-electron chi connectivity index (χ2n) is 5.01. The Morgan fingerprint density at radius 2 is 1.71 bits per heavy atom. The van der Waals surface area contributed by atoms with Gasteiger partial charge < -0.3 is 14.6 Å². The standard InChI is InChI=1S/C17H17NO5.K/c19-17(20)15(14-8-4-5-9-16(14)18(21)22)10-11-23-12-13-6-2-1-3-7-13;/h1-9,15H,10-12H2,(H,19,20);/q;+1/p-1. The molecule has 0 aromatic heterocycles. The van der Waals surface area contributed by atoms with Crippen molar-refractivity contribution in [2.45, 2.75) is 18.9 Å². The Bertz CT molecular complexity index is 678. The fourth-order valence-corrected chi connectivity index (χ4v) is 2.31. The number of ether oxygens (including phenoxy) is 1. The quantitative estimate of drug-likeness (QED) is 0.264. The van der Waals surface area contributed by atoms with Gasteiger partial charge >= 0.3 is 51.4 Å². The van der Waals surface area contributed by atoms with E-state index in [1.807, 2.05) is 30.3 Å². The maximum atomic E-state index is 11.3. The second kappa shape index (κ2) is 10.7. The normalized spacial score (nSPS) is 11.3. The minimum Gasteiger partial charge on any atom is -0.549 e. The first-order valence-electron chi connectivity index (χ1n) is 7.15. The van der Waals surface area contributed by atoms with E-state index in [1.54, 1.807) is 6.07 Å². The third-order valence-electron chi connectivity index (χ3n) is 3.46. The Kier molecular flexibility index (Phi) is 9.34. The van der Waals surface area contributed by atoms with Gasteiger partial charge in [0.2, 0.25) is 0 Å². The smallest absolute Gasteiger partial charge is 0.549 e. The Balaban J connectivity index is 0.00000288. The summed E-state index contributed by atoms with van der Waals surface area (Å²) in [6.07, 6.45) is 0.111. The molecule has 1 atom stereocenters. The molecule has 2 aromatic carbocycles. The van der Waals surface area contributed by atoms with E-state index in [4.69, 9.17) is 4.74 Å². The SMILES string of the molecule is O=C([O-])C(CCOCc1ccccc1)c1ccccc1[N+](=O)[O-].[K+]. The third kappa shape index (κ3) is 6.08. The van der Waals surface area contributed by atoms with Crippen LogP contribution in [0.25, 0.3) is 0 Å². The molecule has 0 amide bonds. The number of carbonyl (C=O) groups excluding carboxylic acids is 1. The number of benzene rings is 2. The number of hydrogen-bond acceptors (Lipinski definition) is 5. The largest absolute Gasteiger partial charge is 1.00 e. The molecule has 0 saturated heterocycles. The number of carbonyl (C=O) groups is 1. The predicted octanol–water partition coefficient (Wildman–Crippen LogP) is -0.961. The number of hydrogen-bond donors (Lipinski definition) is 0. The summed E-state index contributed by atoms with van der Waals surface area (Å²) in [6.45, 7) is 0.525. The van der Waals surface area contributed by atoms with Crippen molar-refractivity contribution in [3.05, 3.63) is 75.8 Å². The second-order valence-corrected chi connectivity index (χ2v) is 5.01.